The van der Waals surface area contributed by atoms with E-state index in [4.69, 9.17) is 20.4 Å². The van der Waals surface area contributed by atoms with Crippen LogP contribution in [-0.4, -0.2) is 53.1 Å². The second-order valence-corrected chi connectivity index (χ2v) is 8.06. The monoisotopic (exact) mass is 462 g/mol. The number of nitrogens with two attached hydrogens (primary N) is 1. The van der Waals surface area contributed by atoms with Gasteiger partial charge in [0.25, 0.3) is 5.91 Å². The SMILES string of the molecule is NC(=O)c1cccc2cn(-c3ccc(C[NH+]4C[C@H]5C[C@H]4CO5)cc3)nc12.O=C([O-])C(F)(F)F. The van der Waals surface area contributed by atoms with Gasteiger partial charge in [0, 0.05) is 23.6 Å². The summed E-state index contributed by atoms with van der Waals surface area (Å²) in [7, 11) is 0. The summed E-state index contributed by atoms with van der Waals surface area (Å²) in [5, 5.41) is 14.3. The first-order chi connectivity index (χ1) is 15.6. The van der Waals surface area contributed by atoms with Crippen molar-refractivity contribution in [2.45, 2.75) is 31.3 Å². The molecule has 3 atom stereocenters. The summed E-state index contributed by atoms with van der Waals surface area (Å²) in [6.45, 7) is 3.06. The molecule has 33 heavy (non-hydrogen) atoms. The minimum Gasteiger partial charge on any atom is -0.542 e. The molecular weight excluding hydrogens is 441 g/mol. The molecule has 2 aliphatic heterocycles. The fourth-order valence-corrected chi connectivity index (χ4v) is 4.21. The maximum absolute atomic E-state index is 11.6. The molecule has 174 valence electrons. The number of hydrogen-bond acceptors (Lipinski definition) is 5. The van der Waals surface area contributed by atoms with Crippen molar-refractivity contribution < 1.29 is 37.5 Å². The summed E-state index contributed by atoms with van der Waals surface area (Å²) in [5.74, 6) is -3.46. The lowest BCUT2D eigenvalue weighted by molar-refractivity contribution is -0.932. The smallest absolute Gasteiger partial charge is 0.430 e. The van der Waals surface area contributed by atoms with Crippen molar-refractivity contribution in [1.82, 2.24) is 9.78 Å². The molecule has 0 radical (unpaired) electrons. The number of carbonyl (C=O) groups is 2. The van der Waals surface area contributed by atoms with Gasteiger partial charge in [-0.25, -0.2) is 4.68 Å². The molecule has 5 rings (SSSR count). The summed E-state index contributed by atoms with van der Waals surface area (Å²) in [6.07, 6.45) is -1.60. The Morgan fingerprint density at radius 3 is 2.45 bits per heavy atom. The number of fused-ring (bicyclic) bond motifs is 3. The number of benzene rings is 2. The molecule has 2 fully saturated rings. The number of nitrogens with one attached hydrogen (secondary N) is 1. The Kier molecular flexibility index (Phi) is 6.09. The standard InChI is InChI=1S/C20H20N4O2.C2HF3O2/c21-20(25)18-3-1-2-14-10-24(22-19(14)18)15-6-4-13(5-7-15)9-23-11-17-8-16(23)12-26-17;3-2(4,5)1(6)7/h1-7,10,16-17H,8-9,11-12H2,(H2,21,25);(H,6,7)/t16-,17+;/m0./s1. The molecule has 2 aromatic carbocycles. The van der Waals surface area contributed by atoms with Crippen LogP contribution in [0.1, 0.15) is 22.3 Å². The van der Waals surface area contributed by atoms with Gasteiger partial charge in [-0.1, -0.05) is 24.3 Å². The number of morpholine rings is 1. The Balaban J connectivity index is 0.000000325. The number of halogens is 3. The van der Waals surface area contributed by atoms with Gasteiger partial charge in [0.2, 0.25) is 0 Å². The van der Waals surface area contributed by atoms with E-state index in [1.54, 1.807) is 15.6 Å². The topological polar surface area (TPSA) is 115 Å². The number of nitrogens with zero attached hydrogens (tertiary/aromatic N) is 2. The Morgan fingerprint density at radius 1 is 1.21 bits per heavy atom. The summed E-state index contributed by atoms with van der Waals surface area (Å²) >= 11 is 0. The number of rotatable bonds is 4. The summed E-state index contributed by atoms with van der Waals surface area (Å²) in [4.78, 5) is 22.0. The van der Waals surface area contributed by atoms with Gasteiger partial charge in [0.05, 0.1) is 17.9 Å². The number of hydrogen-bond donors (Lipinski definition) is 2. The number of primary amides is 1. The van der Waals surface area contributed by atoms with E-state index in [0.717, 1.165) is 30.8 Å². The van der Waals surface area contributed by atoms with Gasteiger partial charge in [-0.3, -0.25) is 4.79 Å². The van der Waals surface area contributed by atoms with Crippen LogP contribution in [0.4, 0.5) is 13.2 Å². The van der Waals surface area contributed by atoms with E-state index < -0.39 is 18.1 Å². The van der Waals surface area contributed by atoms with Gasteiger partial charge >= 0.3 is 6.18 Å². The van der Waals surface area contributed by atoms with Gasteiger partial charge in [0.1, 0.15) is 36.7 Å². The molecule has 1 amide bonds. The van der Waals surface area contributed by atoms with E-state index in [-0.39, 0.29) is 0 Å². The lowest BCUT2D eigenvalue weighted by Crippen LogP contribution is -3.14. The number of quaternary nitrogens is 1. The number of aliphatic carboxylic acids is 1. The quantitative estimate of drug-likeness (QED) is 0.566. The predicted molar refractivity (Wildman–Crippen MR) is 108 cm³/mol. The molecule has 1 unspecified atom stereocenters. The first-order valence-electron chi connectivity index (χ1n) is 10.2. The van der Waals surface area contributed by atoms with Crippen molar-refractivity contribution in [2.24, 2.45) is 5.73 Å². The highest BCUT2D eigenvalue weighted by Gasteiger charge is 2.42. The van der Waals surface area contributed by atoms with Crippen molar-refractivity contribution in [1.29, 1.82) is 0 Å². The highest BCUT2D eigenvalue weighted by Crippen LogP contribution is 2.20. The highest BCUT2D eigenvalue weighted by atomic mass is 19.4. The molecule has 8 nitrogen and oxygen atoms in total. The van der Waals surface area contributed by atoms with Crippen LogP contribution < -0.4 is 15.7 Å². The number of carboxylic acids is 1. The molecule has 0 aliphatic carbocycles. The molecule has 2 saturated heterocycles. The van der Waals surface area contributed by atoms with Gasteiger partial charge < -0.3 is 25.3 Å². The van der Waals surface area contributed by atoms with E-state index in [0.29, 0.717) is 23.2 Å². The molecule has 11 heteroatoms. The average molecular weight is 462 g/mol. The van der Waals surface area contributed by atoms with Gasteiger partial charge in [-0.05, 0) is 18.2 Å². The number of alkyl halides is 3. The average Bonchev–Trinajstić information content (AvgIpc) is 3.49. The molecule has 1 aromatic heterocycles. The van der Waals surface area contributed by atoms with Crippen molar-refractivity contribution in [3.63, 3.8) is 0 Å². The van der Waals surface area contributed by atoms with Crippen LogP contribution in [0.5, 0.6) is 0 Å². The number of carbonyl (C=O) groups excluding carboxylic acids is 2. The molecule has 3 heterocycles. The Hall–Kier alpha value is -3.44. The second kappa shape index (κ2) is 8.83. The minimum absolute atomic E-state index is 0.452. The lowest BCUT2D eigenvalue weighted by Gasteiger charge is -2.23. The van der Waals surface area contributed by atoms with E-state index in [1.165, 1.54) is 12.0 Å². The van der Waals surface area contributed by atoms with E-state index in [2.05, 4.69) is 29.4 Å². The van der Waals surface area contributed by atoms with E-state index in [1.807, 2.05) is 18.3 Å². The van der Waals surface area contributed by atoms with Crippen LogP contribution in [0.3, 0.4) is 0 Å². The third kappa shape index (κ3) is 4.99. The van der Waals surface area contributed by atoms with E-state index >= 15 is 0 Å². The Morgan fingerprint density at radius 2 is 1.91 bits per heavy atom. The molecular formula is C22H21F3N4O4. The number of aromatic nitrogens is 2. The van der Waals surface area contributed by atoms with Crippen LogP contribution in [0.25, 0.3) is 16.6 Å². The number of carboxylic acid groups (broad SMARTS) is 1. The predicted octanol–water partition coefficient (Wildman–Crippen LogP) is -0.0210. The molecule has 2 aliphatic rings. The third-order valence-electron chi connectivity index (χ3n) is 5.81. The van der Waals surface area contributed by atoms with Crippen molar-refractivity contribution in [3.05, 3.63) is 59.8 Å². The number of amides is 1. The van der Waals surface area contributed by atoms with E-state index in [9.17, 15) is 18.0 Å². The normalized spacial score (nSPS) is 21.6. The molecule has 3 aromatic rings. The fourth-order valence-electron chi connectivity index (χ4n) is 4.21. The number of likely N-dealkylation sites (tertiary alicyclic amines) is 1. The first-order valence-corrected chi connectivity index (χ1v) is 10.2. The molecule has 2 bridgehead atoms. The Labute approximate surface area is 186 Å². The molecule has 0 spiro atoms. The highest BCUT2D eigenvalue weighted by molar-refractivity contribution is 6.04. The summed E-state index contributed by atoms with van der Waals surface area (Å²) < 4.78 is 39.0. The largest absolute Gasteiger partial charge is 0.542 e. The molecule has 3 N–H and O–H groups in total. The van der Waals surface area contributed by atoms with Crippen molar-refractivity contribution in [3.8, 4) is 5.69 Å². The minimum atomic E-state index is -5.19. The van der Waals surface area contributed by atoms with Crippen LogP contribution in [-0.2, 0) is 16.1 Å². The first kappa shape index (κ1) is 22.7. The Bertz CT molecular complexity index is 1180. The maximum Gasteiger partial charge on any atom is 0.430 e. The van der Waals surface area contributed by atoms with Crippen LogP contribution in [0.2, 0.25) is 0 Å². The van der Waals surface area contributed by atoms with Crippen molar-refractivity contribution >= 4 is 22.8 Å². The van der Waals surface area contributed by atoms with Gasteiger partial charge in [0.15, 0.2) is 0 Å². The third-order valence-corrected chi connectivity index (χ3v) is 5.81. The van der Waals surface area contributed by atoms with Gasteiger partial charge in [-0.2, -0.15) is 18.3 Å². The zero-order valence-electron chi connectivity index (χ0n) is 17.3. The number of ether oxygens (including phenoxy) is 1. The zero-order valence-corrected chi connectivity index (χ0v) is 17.3. The summed E-state index contributed by atoms with van der Waals surface area (Å²) in [5.41, 5.74) is 8.84. The van der Waals surface area contributed by atoms with Gasteiger partial charge in [-0.15, -0.1) is 0 Å². The maximum atomic E-state index is 11.6. The van der Waals surface area contributed by atoms with Crippen LogP contribution >= 0.6 is 0 Å². The fraction of sp³-hybridized carbons (Fsp3) is 0.318. The van der Waals surface area contributed by atoms with Crippen LogP contribution in [0.15, 0.2) is 48.7 Å². The van der Waals surface area contributed by atoms with Crippen LogP contribution in [0, 0.1) is 0 Å². The molecule has 0 saturated carbocycles. The summed E-state index contributed by atoms with van der Waals surface area (Å²) in [6, 6.07) is 14.6. The van der Waals surface area contributed by atoms with Crippen molar-refractivity contribution in [2.75, 3.05) is 13.2 Å². The zero-order chi connectivity index (χ0) is 23.8. The lowest BCUT2D eigenvalue weighted by atomic mass is 10.1. The second-order valence-electron chi connectivity index (χ2n) is 8.06.